The Hall–Kier alpha value is -0.730. The first-order valence-corrected chi connectivity index (χ1v) is 7.36. The van der Waals surface area contributed by atoms with Crippen molar-refractivity contribution in [3.8, 4) is 5.75 Å². The van der Waals surface area contributed by atoms with E-state index in [1.165, 1.54) is 44.3 Å². The third-order valence-corrected chi connectivity index (χ3v) is 4.42. The van der Waals surface area contributed by atoms with E-state index in [0.29, 0.717) is 12.0 Å². The minimum atomic E-state index is 0. The van der Waals surface area contributed by atoms with Crippen molar-refractivity contribution in [2.75, 3.05) is 19.7 Å². The number of halogens is 1. The summed E-state index contributed by atoms with van der Waals surface area (Å²) >= 11 is 0. The van der Waals surface area contributed by atoms with Crippen molar-refractivity contribution in [1.82, 2.24) is 4.90 Å². The van der Waals surface area contributed by atoms with Crippen molar-refractivity contribution >= 4 is 12.4 Å². The lowest BCUT2D eigenvalue weighted by Gasteiger charge is -2.44. The largest absolute Gasteiger partial charge is 0.492 e. The van der Waals surface area contributed by atoms with Gasteiger partial charge in [0.15, 0.2) is 0 Å². The van der Waals surface area contributed by atoms with Gasteiger partial charge in [-0.3, -0.25) is 4.90 Å². The Labute approximate surface area is 122 Å². The van der Waals surface area contributed by atoms with E-state index in [9.17, 15) is 0 Å². The number of nitrogens with zero attached hydrogens (tertiary/aromatic N) is 1. The fourth-order valence-electron chi connectivity index (χ4n) is 3.44. The van der Waals surface area contributed by atoms with Gasteiger partial charge in [0.1, 0.15) is 12.4 Å². The molecule has 0 N–H and O–H groups in total. The molecule has 0 aromatic heterocycles. The van der Waals surface area contributed by atoms with Crippen molar-refractivity contribution < 1.29 is 4.74 Å². The van der Waals surface area contributed by atoms with E-state index in [2.05, 4.69) is 36.1 Å². The average molecular weight is 282 g/mol. The quantitative estimate of drug-likeness (QED) is 0.834. The summed E-state index contributed by atoms with van der Waals surface area (Å²) in [6.07, 6.45) is 5.25. The van der Waals surface area contributed by atoms with Crippen LogP contribution in [-0.4, -0.2) is 30.6 Å². The number of benzene rings is 1. The molecule has 2 heterocycles. The van der Waals surface area contributed by atoms with Crippen molar-refractivity contribution in [2.24, 2.45) is 0 Å². The monoisotopic (exact) mass is 281 g/mol. The second-order valence-electron chi connectivity index (χ2n) is 5.55. The molecule has 1 aromatic carbocycles. The number of hydrogen-bond donors (Lipinski definition) is 0. The molecule has 3 rings (SSSR count). The van der Waals surface area contributed by atoms with Gasteiger partial charge in [-0.2, -0.15) is 0 Å². The molecule has 0 saturated carbocycles. The average Bonchev–Trinajstić information content (AvgIpc) is 2.44. The van der Waals surface area contributed by atoms with E-state index < -0.39 is 0 Å². The number of rotatable bonds is 3. The summed E-state index contributed by atoms with van der Waals surface area (Å²) in [6.45, 7) is 5.65. The molecule has 0 amide bonds. The molecule has 1 fully saturated rings. The molecule has 3 heteroatoms. The number of unbranched alkanes of at least 4 members (excludes halogenated alkanes) is 1. The molecule has 2 aliphatic rings. The van der Waals surface area contributed by atoms with Gasteiger partial charge in [-0.1, -0.05) is 31.5 Å². The minimum Gasteiger partial charge on any atom is -0.492 e. The standard InChI is InChI=1S/C16H23NO.ClH/c1-2-3-10-17-11-6-8-13-14-7-4-5-9-16(14)18-12-15(13)17;/h4-5,7,9,13,15H,2-3,6,8,10-12H2,1H3;1H/t13-,15+;/m0./s1. The lowest BCUT2D eigenvalue weighted by molar-refractivity contribution is 0.0648. The highest BCUT2D eigenvalue weighted by Gasteiger charge is 2.36. The maximum absolute atomic E-state index is 5.96. The maximum Gasteiger partial charge on any atom is 0.122 e. The van der Waals surface area contributed by atoms with E-state index in [1.54, 1.807) is 0 Å². The van der Waals surface area contributed by atoms with Gasteiger partial charge < -0.3 is 4.74 Å². The van der Waals surface area contributed by atoms with Gasteiger partial charge in [0.05, 0.1) is 6.04 Å². The molecule has 106 valence electrons. The molecular formula is C16H24ClNO. The van der Waals surface area contributed by atoms with Crippen LogP contribution in [-0.2, 0) is 0 Å². The summed E-state index contributed by atoms with van der Waals surface area (Å²) in [5.41, 5.74) is 1.44. The third kappa shape index (κ3) is 2.90. The molecule has 0 aliphatic carbocycles. The van der Waals surface area contributed by atoms with E-state index >= 15 is 0 Å². The van der Waals surface area contributed by atoms with Crippen LogP contribution in [0.2, 0.25) is 0 Å². The molecule has 19 heavy (non-hydrogen) atoms. The molecular weight excluding hydrogens is 258 g/mol. The fraction of sp³-hybridized carbons (Fsp3) is 0.625. The van der Waals surface area contributed by atoms with E-state index in [1.807, 2.05) is 0 Å². The SMILES string of the molecule is CCCCN1CCC[C@H]2c3ccccc3OC[C@H]21.Cl. The molecule has 2 nitrogen and oxygen atoms in total. The molecule has 0 spiro atoms. The van der Waals surface area contributed by atoms with Crippen molar-refractivity contribution in [2.45, 2.75) is 44.6 Å². The van der Waals surface area contributed by atoms with Crippen LogP contribution >= 0.6 is 12.4 Å². The second kappa shape index (κ2) is 6.62. The van der Waals surface area contributed by atoms with Crippen LogP contribution in [0.1, 0.15) is 44.1 Å². The number of piperidine rings is 1. The van der Waals surface area contributed by atoms with Gasteiger partial charge in [-0.05, 0) is 44.0 Å². The fourth-order valence-corrected chi connectivity index (χ4v) is 3.44. The highest BCUT2D eigenvalue weighted by atomic mass is 35.5. The molecule has 1 aromatic rings. The smallest absolute Gasteiger partial charge is 0.122 e. The first-order chi connectivity index (χ1) is 8.90. The number of ether oxygens (including phenoxy) is 1. The predicted molar refractivity (Wildman–Crippen MR) is 81.4 cm³/mol. The first kappa shape index (κ1) is 14.7. The van der Waals surface area contributed by atoms with Gasteiger partial charge in [-0.15, -0.1) is 12.4 Å². The Morgan fingerprint density at radius 1 is 1.32 bits per heavy atom. The zero-order chi connectivity index (χ0) is 12.4. The molecule has 1 saturated heterocycles. The van der Waals surface area contributed by atoms with Crippen LogP contribution in [0.5, 0.6) is 5.75 Å². The highest BCUT2D eigenvalue weighted by Crippen LogP contribution is 2.40. The topological polar surface area (TPSA) is 12.5 Å². The van der Waals surface area contributed by atoms with E-state index in [0.717, 1.165) is 12.4 Å². The number of likely N-dealkylation sites (tertiary alicyclic amines) is 1. The van der Waals surface area contributed by atoms with Gasteiger partial charge in [0.2, 0.25) is 0 Å². The molecule has 0 bridgehead atoms. The number of para-hydroxylation sites is 1. The number of hydrogen-bond acceptors (Lipinski definition) is 2. The summed E-state index contributed by atoms with van der Waals surface area (Å²) in [7, 11) is 0. The second-order valence-corrected chi connectivity index (χ2v) is 5.55. The summed E-state index contributed by atoms with van der Waals surface area (Å²) < 4.78 is 5.96. The van der Waals surface area contributed by atoms with E-state index in [4.69, 9.17) is 4.74 Å². The van der Waals surface area contributed by atoms with Crippen molar-refractivity contribution in [1.29, 1.82) is 0 Å². The summed E-state index contributed by atoms with van der Waals surface area (Å²) in [5, 5.41) is 0. The Morgan fingerprint density at radius 3 is 3.00 bits per heavy atom. The lowest BCUT2D eigenvalue weighted by atomic mass is 9.81. The molecule has 2 atom stereocenters. The van der Waals surface area contributed by atoms with Crippen LogP contribution < -0.4 is 4.74 Å². The first-order valence-electron chi connectivity index (χ1n) is 7.36. The van der Waals surface area contributed by atoms with Crippen LogP contribution in [0, 0.1) is 0 Å². The minimum absolute atomic E-state index is 0. The molecule has 0 unspecified atom stereocenters. The lowest BCUT2D eigenvalue weighted by Crippen LogP contribution is -2.49. The van der Waals surface area contributed by atoms with Crippen LogP contribution in [0.3, 0.4) is 0 Å². The van der Waals surface area contributed by atoms with E-state index in [-0.39, 0.29) is 12.4 Å². The van der Waals surface area contributed by atoms with Crippen LogP contribution in [0.4, 0.5) is 0 Å². The van der Waals surface area contributed by atoms with Crippen LogP contribution in [0.25, 0.3) is 0 Å². The van der Waals surface area contributed by atoms with Crippen molar-refractivity contribution in [3.05, 3.63) is 29.8 Å². The summed E-state index contributed by atoms with van der Waals surface area (Å²) in [6, 6.07) is 9.22. The normalized spacial score (nSPS) is 25.7. The predicted octanol–water partition coefficient (Wildman–Crippen LogP) is 3.85. The Morgan fingerprint density at radius 2 is 2.16 bits per heavy atom. The van der Waals surface area contributed by atoms with Crippen LogP contribution in [0.15, 0.2) is 24.3 Å². The molecule has 2 aliphatic heterocycles. The zero-order valence-electron chi connectivity index (χ0n) is 11.7. The van der Waals surface area contributed by atoms with Gasteiger partial charge in [0, 0.05) is 5.92 Å². The van der Waals surface area contributed by atoms with Gasteiger partial charge in [-0.25, -0.2) is 0 Å². The zero-order valence-corrected chi connectivity index (χ0v) is 12.5. The highest BCUT2D eigenvalue weighted by molar-refractivity contribution is 5.85. The van der Waals surface area contributed by atoms with Gasteiger partial charge in [0.25, 0.3) is 0 Å². The third-order valence-electron chi connectivity index (χ3n) is 4.42. The van der Waals surface area contributed by atoms with Gasteiger partial charge >= 0.3 is 0 Å². The summed E-state index contributed by atoms with van der Waals surface area (Å²) in [5.74, 6) is 1.82. The Kier molecular flexibility index (Phi) is 5.12. The summed E-state index contributed by atoms with van der Waals surface area (Å²) in [4.78, 5) is 2.66. The van der Waals surface area contributed by atoms with Crippen molar-refractivity contribution in [3.63, 3.8) is 0 Å². The number of fused-ring (bicyclic) bond motifs is 3. The Balaban J connectivity index is 0.00000133. The maximum atomic E-state index is 5.96. The Bertz CT molecular complexity index is 409. The molecule has 0 radical (unpaired) electrons.